The molecular weight excluding hydrogens is 233 g/mol. The van der Waals surface area contributed by atoms with E-state index in [0.717, 1.165) is 12.1 Å². The van der Waals surface area contributed by atoms with Gasteiger partial charge in [-0.15, -0.1) is 0 Å². The van der Waals surface area contributed by atoms with Crippen LogP contribution in [0.5, 0.6) is 0 Å². The van der Waals surface area contributed by atoms with Gasteiger partial charge in [0, 0.05) is 5.56 Å². The summed E-state index contributed by atoms with van der Waals surface area (Å²) in [6.07, 6.45) is -3.08. The maximum Gasteiger partial charge on any atom is 0.416 e. The molecule has 90 valence electrons. The lowest BCUT2D eigenvalue weighted by molar-refractivity contribution is -0.137. The Hall–Kier alpha value is -1.82. The highest BCUT2D eigenvalue weighted by Crippen LogP contribution is 2.31. The van der Waals surface area contributed by atoms with E-state index < -0.39 is 11.7 Å². The molecule has 0 spiro atoms. The number of oxazole rings is 1. The first-order chi connectivity index (χ1) is 8.00. The number of aromatic nitrogens is 1. The van der Waals surface area contributed by atoms with Gasteiger partial charge in [0.25, 0.3) is 0 Å². The van der Waals surface area contributed by atoms with Crippen molar-refractivity contribution in [3.8, 4) is 11.3 Å². The molecule has 6 heteroatoms. The Kier molecular flexibility index (Phi) is 2.89. The van der Waals surface area contributed by atoms with Gasteiger partial charge < -0.3 is 10.2 Å². The Balaban J connectivity index is 2.39. The lowest BCUT2D eigenvalue weighted by atomic mass is 10.1. The van der Waals surface area contributed by atoms with Gasteiger partial charge >= 0.3 is 6.18 Å². The number of hydrogen-bond acceptors (Lipinski definition) is 3. The number of alkyl halides is 3. The summed E-state index contributed by atoms with van der Waals surface area (Å²) >= 11 is 0. The molecule has 2 N–H and O–H groups in total. The molecule has 0 radical (unpaired) electrons. The van der Waals surface area contributed by atoms with Gasteiger partial charge in [-0.05, 0) is 12.1 Å². The molecule has 0 aliphatic carbocycles. The van der Waals surface area contributed by atoms with Gasteiger partial charge in [-0.2, -0.15) is 13.2 Å². The Labute approximate surface area is 95.1 Å². The van der Waals surface area contributed by atoms with Crippen LogP contribution < -0.4 is 5.73 Å². The minimum Gasteiger partial charge on any atom is -0.447 e. The molecule has 2 aromatic rings. The molecule has 0 bridgehead atoms. The first kappa shape index (κ1) is 11.7. The zero-order valence-electron chi connectivity index (χ0n) is 8.66. The summed E-state index contributed by atoms with van der Waals surface area (Å²) in [6, 6.07) is 4.90. The molecule has 0 atom stereocenters. The van der Waals surface area contributed by atoms with Crippen LogP contribution in [-0.4, -0.2) is 4.98 Å². The highest BCUT2D eigenvalue weighted by molar-refractivity contribution is 5.59. The standard InChI is InChI=1S/C11H9F3N2O/c12-11(13,14)8-3-1-2-7(4-8)9-6-17-10(5-15)16-9/h1-4,6H,5,15H2. The van der Waals surface area contributed by atoms with Crippen LogP contribution in [0.3, 0.4) is 0 Å². The fraction of sp³-hybridized carbons (Fsp3) is 0.182. The lowest BCUT2D eigenvalue weighted by Crippen LogP contribution is -2.04. The number of nitrogens with zero attached hydrogens (tertiary/aromatic N) is 1. The summed E-state index contributed by atoms with van der Waals surface area (Å²) in [5, 5.41) is 0. The number of hydrogen-bond donors (Lipinski definition) is 1. The smallest absolute Gasteiger partial charge is 0.416 e. The second-order valence-electron chi connectivity index (χ2n) is 3.41. The van der Waals surface area contributed by atoms with Gasteiger partial charge in [0.2, 0.25) is 5.89 Å². The van der Waals surface area contributed by atoms with Crippen molar-refractivity contribution >= 4 is 0 Å². The van der Waals surface area contributed by atoms with E-state index in [2.05, 4.69) is 4.98 Å². The molecule has 2 rings (SSSR count). The predicted molar refractivity (Wildman–Crippen MR) is 54.8 cm³/mol. The summed E-state index contributed by atoms with van der Waals surface area (Å²) in [5.41, 5.74) is 5.28. The fourth-order valence-electron chi connectivity index (χ4n) is 1.39. The first-order valence-electron chi connectivity index (χ1n) is 4.83. The van der Waals surface area contributed by atoms with Gasteiger partial charge in [-0.3, -0.25) is 0 Å². The van der Waals surface area contributed by atoms with Crippen molar-refractivity contribution < 1.29 is 17.6 Å². The lowest BCUT2D eigenvalue weighted by Gasteiger charge is -2.06. The Morgan fingerprint density at radius 2 is 2.06 bits per heavy atom. The Morgan fingerprint density at radius 3 is 2.65 bits per heavy atom. The minimum atomic E-state index is -4.36. The van der Waals surface area contributed by atoms with Gasteiger partial charge in [-0.25, -0.2) is 4.98 Å². The zero-order chi connectivity index (χ0) is 12.5. The second-order valence-corrected chi connectivity index (χ2v) is 3.41. The van der Waals surface area contributed by atoms with Crippen LogP contribution in [0.15, 0.2) is 34.9 Å². The number of nitrogens with two attached hydrogens (primary N) is 1. The fourth-order valence-corrected chi connectivity index (χ4v) is 1.39. The summed E-state index contributed by atoms with van der Waals surface area (Å²) in [4.78, 5) is 3.96. The first-order valence-corrected chi connectivity index (χ1v) is 4.83. The molecule has 0 fully saturated rings. The normalized spacial score (nSPS) is 11.8. The SMILES string of the molecule is NCc1nc(-c2cccc(C(F)(F)F)c2)co1. The van der Waals surface area contributed by atoms with Gasteiger partial charge in [0.05, 0.1) is 12.1 Å². The summed E-state index contributed by atoms with van der Waals surface area (Å²) in [5.74, 6) is 0.289. The van der Waals surface area contributed by atoms with Crippen molar-refractivity contribution in [3.05, 3.63) is 42.0 Å². The minimum absolute atomic E-state index is 0.110. The molecule has 3 nitrogen and oxygen atoms in total. The van der Waals surface area contributed by atoms with Gasteiger partial charge in [0.1, 0.15) is 12.0 Å². The number of rotatable bonds is 2. The topological polar surface area (TPSA) is 52.0 Å². The van der Waals surface area contributed by atoms with Crippen molar-refractivity contribution in [3.63, 3.8) is 0 Å². The third kappa shape index (κ3) is 2.47. The maximum atomic E-state index is 12.5. The largest absolute Gasteiger partial charge is 0.447 e. The summed E-state index contributed by atoms with van der Waals surface area (Å²) in [7, 11) is 0. The van der Waals surface area contributed by atoms with E-state index in [9.17, 15) is 13.2 Å². The van der Waals surface area contributed by atoms with Crippen LogP contribution in [0, 0.1) is 0 Å². The van der Waals surface area contributed by atoms with E-state index in [-0.39, 0.29) is 12.4 Å². The molecule has 1 aromatic carbocycles. The van der Waals surface area contributed by atoms with Crippen molar-refractivity contribution in [1.29, 1.82) is 0 Å². The Morgan fingerprint density at radius 1 is 1.29 bits per heavy atom. The van der Waals surface area contributed by atoms with E-state index in [1.54, 1.807) is 0 Å². The van der Waals surface area contributed by atoms with Crippen molar-refractivity contribution in [2.24, 2.45) is 5.73 Å². The molecule has 0 amide bonds. The third-order valence-electron chi connectivity index (χ3n) is 2.21. The van der Waals surface area contributed by atoms with Crippen LogP contribution >= 0.6 is 0 Å². The van der Waals surface area contributed by atoms with Crippen LogP contribution in [0.2, 0.25) is 0 Å². The number of halogens is 3. The predicted octanol–water partition coefficient (Wildman–Crippen LogP) is 2.82. The monoisotopic (exact) mass is 242 g/mol. The third-order valence-corrected chi connectivity index (χ3v) is 2.21. The zero-order valence-corrected chi connectivity index (χ0v) is 8.66. The van der Waals surface area contributed by atoms with Crippen LogP contribution in [0.1, 0.15) is 11.5 Å². The highest BCUT2D eigenvalue weighted by Gasteiger charge is 2.30. The van der Waals surface area contributed by atoms with Crippen LogP contribution in [0.25, 0.3) is 11.3 Å². The highest BCUT2D eigenvalue weighted by atomic mass is 19.4. The van der Waals surface area contributed by atoms with Crippen LogP contribution in [-0.2, 0) is 12.7 Å². The number of benzene rings is 1. The summed E-state index contributed by atoms with van der Waals surface area (Å²) in [6.45, 7) is 0.110. The summed E-state index contributed by atoms with van der Waals surface area (Å²) < 4.78 is 42.4. The quantitative estimate of drug-likeness (QED) is 0.880. The average Bonchev–Trinajstić information content (AvgIpc) is 2.76. The van der Waals surface area contributed by atoms with Crippen molar-refractivity contribution in [1.82, 2.24) is 4.98 Å². The van der Waals surface area contributed by atoms with Gasteiger partial charge in [-0.1, -0.05) is 12.1 Å². The molecule has 0 aliphatic rings. The molecule has 0 unspecified atom stereocenters. The van der Waals surface area contributed by atoms with E-state index in [4.69, 9.17) is 10.2 Å². The molecular formula is C11H9F3N2O. The maximum absolute atomic E-state index is 12.5. The molecule has 17 heavy (non-hydrogen) atoms. The van der Waals surface area contributed by atoms with Crippen LogP contribution in [0.4, 0.5) is 13.2 Å². The van der Waals surface area contributed by atoms with Crippen molar-refractivity contribution in [2.45, 2.75) is 12.7 Å². The van der Waals surface area contributed by atoms with E-state index in [1.165, 1.54) is 18.4 Å². The molecule has 0 saturated carbocycles. The second kappa shape index (κ2) is 4.21. The molecule has 0 aliphatic heterocycles. The average molecular weight is 242 g/mol. The van der Waals surface area contributed by atoms with E-state index in [0.29, 0.717) is 11.3 Å². The molecule has 1 aromatic heterocycles. The molecule has 1 heterocycles. The van der Waals surface area contributed by atoms with Crippen molar-refractivity contribution in [2.75, 3.05) is 0 Å². The van der Waals surface area contributed by atoms with E-state index >= 15 is 0 Å². The molecule has 0 saturated heterocycles. The van der Waals surface area contributed by atoms with E-state index in [1.807, 2.05) is 0 Å². The van der Waals surface area contributed by atoms with Gasteiger partial charge in [0.15, 0.2) is 0 Å². The Bertz CT molecular complexity index is 519.